The zero-order valence-corrected chi connectivity index (χ0v) is 11.2. The number of hydrogen-bond donors (Lipinski definition) is 0. The number of carbonyl (C=O) groups excluding carboxylic acids is 1. The number of ether oxygens (including phenoxy) is 1. The van der Waals surface area contributed by atoms with Gasteiger partial charge < -0.3 is 4.74 Å². The van der Waals surface area contributed by atoms with E-state index in [4.69, 9.17) is 16.3 Å². The largest absolute Gasteiger partial charge is 0.466 e. The Morgan fingerprint density at radius 3 is 2.56 bits per heavy atom. The summed E-state index contributed by atoms with van der Waals surface area (Å²) >= 11 is 5.83. The van der Waals surface area contributed by atoms with Crippen LogP contribution < -0.4 is 0 Å². The molecule has 0 N–H and O–H groups in total. The zero-order chi connectivity index (χ0) is 13.5. The van der Waals surface area contributed by atoms with Crippen molar-refractivity contribution in [3.63, 3.8) is 0 Å². The van der Waals surface area contributed by atoms with E-state index in [0.29, 0.717) is 18.1 Å². The van der Waals surface area contributed by atoms with Crippen LogP contribution in [-0.2, 0) is 9.53 Å². The maximum atomic E-state index is 11.9. The SMILES string of the molecule is C=CCC(C(=C)c1ccc(Cl)cc1)C(=O)OCC. The fourth-order valence-electron chi connectivity index (χ4n) is 1.66. The molecule has 0 fully saturated rings. The molecule has 1 unspecified atom stereocenters. The fraction of sp³-hybridized carbons (Fsp3) is 0.267. The van der Waals surface area contributed by atoms with Crippen molar-refractivity contribution >= 4 is 23.1 Å². The number of carbonyl (C=O) groups is 1. The van der Waals surface area contributed by atoms with Crippen molar-refractivity contribution in [2.45, 2.75) is 13.3 Å². The van der Waals surface area contributed by atoms with Gasteiger partial charge in [-0.1, -0.05) is 36.4 Å². The quantitative estimate of drug-likeness (QED) is 0.571. The van der Waals surface area contributed by atoms with E-state index in [2.05, 4.69) is 13.2 Å². The van der Waals surface area contributed by atoms with Gasteiger partial charge >= 0.3 is 5.97 Å². The summed E-state index contributed by atoms with van der Waals surface area (Å²) in [6.45, 7) is 9.80. The predicted molar refractivity (Wildman–Crippen MR) is 75.4 cm³/mol. The number of esters is 1. The molecular weight excluding hydrogens is 248 g/mol. The lowest BCUT2D eigenvalue weighted by Gasteiger charge is -2.16. The van der Waals surface area contributed by atoms with Gasteiger partial charge in [0.2, 0.25) is 0 Å². The zero-order valence-electron chi connectivity index (χ0n) is 10.5. The van der Waals surface area contributed by atoms with E-state index in [-0.39, 0.29) is 11.9 Å². The molecule has 0 saturated heterocycles. The predicted octanol–water partition coefficient (Wildman–Crippen LogP) is 4.11. The van der Waals surface area contributed by atoms with Crippen molar-refractivity contribution in [2.75, 3.05) is 6.61 Å². The molecule has 18 heavy (non-hydrogen) atoms. The normalized spacial score (nSPS) is 11.7. The molecule has 0 aliphatic rings. The maximum Gasteiger partial charge on any atom is 0.313 e. The molecule has 0 bridgehead atoms. The number of rotatable bonds is 6. The van der Waals surface area contributed by atoms with E-state index in [1.165, 1.54) is 0 Å². The van der Waals surface area contributed by atoms with Crippen molar-refractivity contribution in [1.29, 1.82) is 0 Å². The molecular formula is C15H17ClO2. The number of hydrogen-bond acceptors (Lipinski definition) is 2. The minimum Gasteiger partial charge on any atom is -0.466 e. The summed E-state index contributed by atoms with van der Waals surface area (Å²) in [5.41, 5.74) is 1.62. The molecule has 0 aliphatic carbocycles. The first-order chi connectivity index (χ1) is 8.60. The monoisotopic (exact) mass is 264 g/mol. The molecule has 0 heterocycles. The van der Waals surface area contributed by atoms with Crippen molar-refractivity contribution in [1.82, 2.24) is 0 Å². The van der Waals surface area contributed by atoms with Crippen molar-refractivity contribution in [2.24, 2.45) is 5.92 Å². The van der Waals surface area contributed by atoms with E-state index in [1.807, 2.05) is 12.1 Å². The number of benzene rings is 1. The van der Waals surface area contributed by atoms with Crippen molar-refractivity contribution in [3.8, 4) is 0 Å². The molecule has 3 heteroatoms. The van der Waals surface area contributed by atoms with Gasteiger partial charge in [-0.3, -0.25) is 4.79 Å². The third-order valence-corrected chi connectivity index (χ3v) is 2.86. The van der Waals surface area contributed by atoms with Gasteiger partial charge in [0.15, 0.2) is 0 Å². The van der Waals surface area contributed by atoms with Gasteiger partial charge in [0.1, 0.15) is 0 Å². The first-order valence-electron chi connectivity index (χ1n) is 5.82. The molecule has 0 saturated carbocycles. The van der Waals surface area contributed by atoms with Crippen LogP contribution in [-0.4, -0.2) is 12.6 Å². The Morgan fingerprint density at radius 2 is 2.06 bits per heavy atom. The second-order valence-electron chi connectivity index (χ2n) is 3.86. The molecule has 0 aliphatic heterocycles. The van der Waals surface area contributed by atoms with E-state index in [0.717, 1.165) is 11.1 Å². The van der Waals surface area contributed by atoms with Gasteiger partial charge in [-0.15, -0.1) is 6.58 Å². The Morgan fingerprint density at radius 1 is 1.44 bits per heavy atom. The van der Waals surface area contributed by atoms with Crippen LogP contribution >= 0.6 is 11.6 Å². The van der Waals surface area contributed by atoms with Crippen LogP contribution in [0.5, 0.6) is 0 Å². The molecule has 1 aromatic carbocycles. The standard InChI is InChI=1S/C15H17ClO2/c1-4-6-14(15(17)18-5-2)11(3)12-7-9-13(16)10-8-12/h4,7-10,14H,1,3,5-6H2,2H3. The fourth-order valence-corrected chi connectivity index (χ4v) is 1.78. The molecule has 1 aromatic rings. The van der Waals surface area contributed by atoms with Crippen LogP contribution in [0.25, 0.3) is 5.57 Å². The summed E-state index contributed by atoms with van der Waals surface area (Å²) in [7, 11) is 0. The third kappa shape index (κ3) is 3.74. The molecule has 1 atom stereocenters. The number of halogens is 1. The van der Waals surface area contributed by atoms with Crippen LogP contribution in [0.3, 0.4) is 0 Å². The maximum absolute atomic E-state index is 11.9. The van der Waals surface area contributed by atoms with E-state index in [9.17, 15) is 4.79 Å². The lowest BCUT2D eigenvalue weighted by Crippen LogP contribution is -2.18. The Hall–Kier alpha value is -1.54. The van der Waals surface area contributed by atoms with Crippen LogP contribution in [0.2, 0.25) is 5.02 Å². The third-order valence-electron chi connectivity index (χ3n) is 2.61. The molecule has 96 valence electrons. The van der Waals surface area contributed by atoms with Crippen LogP contribution in [0, 0.1) is 5.92 Å². The summed E-state index contributed by atoms with van der Waals surface area (Å²) in [6, 6.07) is 7.25. The number of allylic oxidation sites excluding steroid dienone is 1. The second kappa shape index (κ2) is 7.02. The molecule has 1 rings (SSSR count). The lowest BCUT2D eigenvalue weighted by atomic mass is 9.91. The van der Waals surface area contributed by atoms with Crippen LogP contribution in [0.4, 0.5) is 0 Å². The highest BCUT2D eigenvalue weighted by atomic mass is 35.5. The highest BCUT2D eigenvalue weighted by Gasteiger charge is 2.22. The Kier molecular flexibility index (Phi) is 5.66. The first-order valence-corrected chi connectivity index (χ1v) is 6.20. The highest BCUT2D eigenvalue weighted by molar-refractivity contribution is 6.30. The summed E-state index contributed by atoms with van der Waals surface area (Å²) < 4.78 is 5.05. The van der Waals surface area contributed by atoms with Gasteiger partial charge in [0, 0.05) is 5.02 Å². The lowest BCUT2D eigenvalue weighted by molar-refractivity contribution is -0.145. The molecule has 0 spiro atoms. The van der Waals surface area contributed by atoms with Crippen LogP contribution in [0.1, 0.15) is 18.9 Å². The van der Waals surface area contributed by atoms with E-state index in [1.54, 1.807) is 25.1 Å². The second-order valence-corrected chi connectivity index (χ2v) is 4.30. The van der Waals surface area contributed by atoms with Crippen molar-refractivity contribution in [3.05, 3.63) is 54.1 Å². The van der Waals surface area contributed by atoms with E-state index >= 15 is 0 Å². The average molecular weight is 265 g/mol. The van der Waals surface area contributed by atoms with Gasteiger partial charge in [0.05, 0.1) is 12.5 Å². The molecule has 0 amide bonds. The van der Waals surface area contributed by atoms with E-state index < -0.39 is 0 Å². The van der Waals surface area contributed by atoms with Gasteiger partial charge in [-0.2, -0.15) is 0 Å². The van der Waals surface area contributed by atoms with Gasteiger partial charge in [-0.25, -0.2) is 0 Å². The Balaban J connectivity index is 2.91. The Labute approximate surface area is 113 Å². The first kappa shape index (κ1) is 14.5. The molecule has 0 radical (unpaired) electrons. The summed E-state index contributed by atoms with van der Waals surface area (Å²) in [6.07, 6.45) is 2.21. The van der Waals surface area contributed by atoms with Gasteiger partial charge in [-0.05, 0) is 36.6 Å². The minimum atomic E-state index is -0.386. The Bertz CT molecular complexity index is 434. The smallest absolute Gasteiger partial charge is 0.313 e. The molecule has 0 aromatic heterocycles. The van der Waals surface area contributed by atoms with Crippen LogP contribution in [0.15, 0.2) is 43.5 Å². The summed E-state index contributed by atoms with van der Waals surface area (Å²) in [5.74, 6) is -0.652. The summed E-state index contributed by atoms with van der Waals surface area (Å²) in [4.78, 5) is 11.9. The topological polar surface area (TPSA) is 26.3 Å². The van der Waals surface area contributed by atoms with Gasteiger partial charge in [0.25, 0.3) is 0 Å². The average Bonchev–Trinajstić information content (AvgIpc) is 2.36. The minimum absolute atomic E-state index is 0.266. The molecule has 2 nitrogen and oxygen atoms in total. The van der Waals surface area contributed by atoms with Crippen molar-refractivity contribution < 1.29 is 9.53 Å². The highest BCUT2D eigenvalue weighted by Crippen LogP contribution is 2.27. The summed E-state index contributed by atoms with van der Waals surface area (Å²) in [5, 5.41) is 0.656.